The fourth-order valence-corrected chi connectivity index (χ4v) is 1.48. The summed E-state index contributed by atoms with van der Waals surface area (Å²) < 4.78 is 48.6. The predicted octanol–water partition coefficient (Wildman–Crippen LogP) is 1.91. The average Bonchev–Trinajstić information content (AvgIpc) is 2.77. The first-order valence-electron chi connectivity index (χ1n) is 5.61. The molecule has 0 aromatic carbocycles. The topological polar surface area (TPSA) is 70.2 Å². The Balaban J connectivity index is 2.43. The highest BCUT2D eigenvalue weighted by molar-refractivity contribution is 5.50. The van der Waals surface area contributed by atoms with Gasteiger partial charge in [-0.3, -0.25) is 4.98 Å². The van der Waals surface area contributed by atoms with E-state index in [1.54, 1.807) is 6.92 Å². The molecule has 20 heavy (non-hydrogen) atoms. The van der Waals surface area contributed by atoms with E-state index in [2.05, 4.69) is 9.97 Å². The molecule has 9 heteroatoms. The fourth-order valence-electron chi connectivity index (χ4n) is 1.48. The van der Waals surface area contributed by atoms with Crippen molar-refractivity contribution in [3.63, 3.8) is 0 Å². The van der Waals surface area contributed by atoms with E-state index in [9.17, 15) is 18.0 Å². The molecule has 0 fully saturated rings. The molecule has 0 spiro atoms. The minimum Gasteiger partial charge on any atom is -0.358 e. The summed E-state index contributed by atoms with van der Waals surface area (Å²) in [5.74, 6) is -1.05. The number of aromatic nitrogens is 3. The second-order valence-electron chi connectivity index (χ2n) is 3.72. The molecule has 0 radical (unpaired) electrons. The molecule has 0 saturated carbocycles. The van der Waals surface area contributed by atoms with Crippen LogP contribution in [0.3, 0.4) is 0 Å². The Morgan fingerprint density at radius 2 is 2.20 bits per heavy atom. The Morgan fingerprint density at radius 1 is 1.45 bits per heavy atom. The Hall–Kier alpha value is -2.16. The van der Waals surface area contributed by atoms with E-state index in [4.69, 9.17) is 9.26 Å². The highest BCUT2D eigenvalue weighted by Crippen LogP contribution is 2.30. The zero-order valence-electron chi connectivity index (χ0n) is 10.3. The maximum Gasteiger partial charge on any atom is 0.460 e. The fraction of sp³-hybridized carbons (Fsp3) is 0.364. The second kappa shape index (κ2) is 5.45. The first-order chi connectivity index (χ1) is 9.41. The third-order valence-electron chi connectivity index (χ3n) is 2.35. The number of ether oxygens (including phenoxy) is 1. The van der Waals surface area contributed by atoms with Crippen LogP contribution in [0.4, 0.5) is 13.2 Å². The number of hydrogen-bond acceptors (Lipinski definition) is 5. The summed E-state index contributed by atoms with van der Waals surface area (Å²) in [5.41, 5.74) is -1.01. The van der Waals surface area contributed by atoms with Gasteiger partial charge < -0.3 is 9.26 Å². The van der Waals surface area contributed by atoms with Gasteiger partial charge in [0.25, 0.3) is 0 Å². The lowest BCUT2D eigenvalue weighted by Crippen LogP contribution is -2.07. The van der Waals surface area contributed by atoms with Gasteiger partial charge in [0.1, 0.15) is 5.69 Å². The molecule has 0 amide bonds. The van der Waals surface area contributed by atoms with Crippen LogP contribution in [0.5, 0.6) is 0 Å². The molecule has 0 bridgehead atoms. The highest BCUT2D eigenvalue weighted by Gasteiger charge is 2.31. The van der Waals surface area contributed by atoms with E-state index in [1.165, 1.54) is 0 Å². The van der Waals surface area contributed by atoms with Crippen LogP contribution in [0.15, 0.2) is 27.6 Å². The van der Waals surface area contributed by atoms with E-state index in [-0.39, 0.29) is 18.2 Å². The summed E-state index contributed by atoms with van der Waals surface area (Å²) >= 11 is 0. The van der Waals surface area contributed by atoms with Gasteiger partial charge in [0, 0.05) is 12.8 Å². The SMILES string of the molecule is CCOCn1oc(=O)nc1-c1cc(C(F)(F)F)ccn1. The minimum absolute atomic E-state index is 0.116. The van der Waals surface area contributed by atoms with E-state index in [0.29, 0.717) is 6.61 Å². The van der Waals surface area contributed by atoms with Crippen molar-refractivity contribution in [1.29, 1.82) is 0 Å². The average molecular weight is 289 g/mol. The standard InChI is InChI=1S/C11H10F3N3O3/c1-2-19-6-17-9(16-10(18)20-17)8-5-7(3-4-15-8)11(12,13)14/h3-5H,2,6H2,1H3. The molecule has 0 saturated heterocycles. The van der Waals surface area contributed by atoms with Crippen molar-refractivity contribution in [2.75, 3.05) is 6.61 Å². The Bertz CT molecular complexity index is 648. The lowest BCUT2D eigenvalue weighted by Gasteiger charge is -2.08. The number of alkyl halides is 3. The van der Waals surface area contributed by atoms with Gasteiger partial charge in [-0.15, -0.1) is 0 Å². The Morgan fingerprint density at radius 3 is 2.85 bits per heavy atom. The molecule has 0 atom stereocenters. The van der Waals surface area contributed by atoms with Crippen molar-refractivity contribution in [3.05, 3.63) is 34.4 Å². The first-order valence-corrected chi connectivity index (χ1v) is 5.61. The number of pyridine rings is 1. The Labute approximate surface area is 110 Å². The normalized spacial score (nSPS) is 11.8. The van der Waals surface area contributed by atoms with Crippen LogP contribution in [0.2, 0.25) is 0 Å². The summed E-state index contributed by atoms with van der Waals surface area (Å²) in [6.07, 6.45) is -3.52. The maximum absolute atomic E-state index is 12.6. The van der Waals surface area contributed by atoms with Crippen molar-refractivity contribution in [3.8, 4) is 11.5 Å². The van der Waals surface area contributed by atoms with Gasteiger partial charge in [0.15, 0.2) is 12.6 Å². The molecule has 0 unspecified atom stereocenters. The van der Waals surface area contributed by atoms with Crippen molar-refractivity contribution in [1.82, 2.24) is 14.7 Å². The van der Waals surface area contributed by atoms with Crippen LogP contribution in [0.25, 0.3) is 11.5 Å². The third-order valence-corrected chi connectivity index (χ3v) is 2.35. The van der Waals surface area contributed by atoms with Crippen LogP contribution < -0.4 is 5.76 Å². The predicted molar refractivity (Wildman–Crippen MR) is 60.6 cm³/mol. The number of rotatable bonds is 4. The number of hydrogen-bond donors (Lipinski definition) is 0. The highest BCUT2D eigenvalue weighted by atomic mass is 19.4. The summed E-state index contributed by atoms with van der Waals surface area (Å²) in [5, 5.41) is 0. The van der Waals surface area contributed by atoms with Crippen LogP contribution in [-0.4, -0.2) is 21.3 Å². The molecule has 2 rings (SSSR count). The summed E-state index contributed by atoms with van der Waals surface area (Å²) in [4.78, 5) is 18.4. The van der Waals surface area contributed by atoms with E-state index in [1.807, 2.05) is 0 Å². The zero-order valence-corrected chi connectivity index (χ0v) is 10.3. The lowest BCUT2D eigenvalue weighted by atomic mass is 10.2. The second-order valence-corrected chi connectivity index (χ2v) is 3.72. The molecular weight excluding hydrogens is 279 g/mol. The van der Waals surface area contributed by atoms with Gasteiger partial charge in [-0.25, -0.2) is 4.79 Å². The van der Waals surface area contributed by atoms with Gasteiger partial charge in [-0.05, 0) is 19.1 Å². The largest absolute Gasteiger partial charge is 0.460 e. The van der Waals surface area contributed by atoms with Crippen molar-refractivity contribution in [2.45, 2.75) is 19.8 Å². The molecule has 108 valence electrons. The summed E-state index contributed by atoms with van der Waals surface area (Å²) in [6, 6.07) is 1.62. The van der Waals surface area contributed by atoms with Gasteiger partial charge in [0.2, 0.25) is 0 Å². The molecule has 2 aromatic heterocycles. The van der Waals surface area contributed by atoms with Crippen LogP contribution in [-0.2, 0) is 17.6 Å². The van der Waals surface area contributed by atoms with Gasteiger partial charge in [-0.1, -0.05) is 0 Å². The van der Waals surface area contributed by atoms with Gasteiger partial charge >= 0.3 is 11.9 Å². The lowest BCUT2D eigenvalue weighted by molar-refractivity contribution is -0.137. The van der Waals surface area contributed by atoms with E-state index >= 15 is 0 Å². The summed E-state index contributed by atoms with van der Waals surface area (Å²) in [6.45, 7) is 1.92. The molecule has 2 heterocycles. The molecule has 2 aromatic rings. The molecule has 0 N–H and O–H groups in total. The minimum atomic E-state index is -4.51. The molecule has 6 nitrogen and oxygen atoms in total. The molecular formula is C11H10F3N3O3. The molecule has 0 aliphatic carbocycles. The smallest absolute Gasteiger partial charge is 0.358 e. The monoisotopic (exact) mass is 289 g/mol. The quantitative estimate of drug-likeness (QED) is 0.860. The number of halogens is 3. The maximum atomic E-state index is 12.6. The molecule has 0 aliphatic rings. The number of nitrogens with zero attached hydrogens (tertiary/aromatic N) is 3. The van der Waals surface area contributed by atoms with Crippen LogP contribution >= 0.6 is 0 Å². The van der Waals surface area contributed by atoms with Crippen molar-refractivity contribution >= 4 is 0 Å². The van der Waals surface area contributed by atoms with Crippen molar-refractivity contribution < 1.29 is 22.4 Å². The Kier molecular flexibility index (Phi) is 3.89. The van der Waals surface area contributed by atoms with Crippen LogP contribution in [0.1, 0.15) is 12.5 Å². The van der Waals surface area contributed by atoms with E-state index < -0.39 is 17.5 Å². The van der Waals surface area contributed by atoms with Gasteiger partial charge in [-0.2, -0.15) is 22.9 Å². The summed E-state index contributed by atoms with van der Waals surface area (Å²) in [7, 11) is 0. The van der Waals surface area contributed by atoms with Crippen LogP contribution in [0, 0.1) is 0 Å². The zero-order chi connectivity index (χ0) is 14.8. The first kappa shape index (κ1) is 14.3. The van der Waals surface area contributed by atoms with E-state index in [0.717, 1.165) is 23.1 Å². The van der Waals surface area contributed by atoms with Crippen molar-refractivity contribution in [2.24, 2.45) is 0 Å². The molecule has 0 aliphatic heterocycles. The third kappa shape index (κ3) is 3.05. The van der Waals surface area contributed by atoms with Gasteiger partial charge in [0.05, 0.1) is 5.56 Å².